The number of unbranched alkanes of at least 4 members (excludes halogenated alkanes) is 3. The van der Waals surface area contributed by atoms with Gasteiger partial charge >= 0.3 is 0 Å². The molecule has 6 nitrogen and oxygen atoms in total. The summed E-state index contributed by atoms with van der Waals surface area (Å²) in [7, 11) is 0. The summed E-state index contributed by atoms with van der Waals surface area (Å²) >= 11 is 1.23. The highest BCUT2D eigenvalue weighted by Crippen LogP contribution is 2.25. The van der Waals surface area contributed by atoms with Gasteiger partial charge in [0.1, 0.15) is 5.00 Å². The Bertz CT molecular complexity index is 395. The minimum Gasteiger partial charge on any atom is -0.470 e. The Morgan fingerprint density at radius 1 is 1.45 bits per heavy atom. The van der Waals surface area contributed by atoms with Crippen LogP contribution in [0.25, 0.3) is 0 Å². The number of carbonyl (C=O) groups excluding carboxylic acids is 1. The van der Waals surface area contributed by atoms with E-state index in [9.17, 15) is 4.79 Å². The van der Waals surface area contributed by atoms with Crippen LogP contribution in [0, 0.1) is 0 Å². The van der Waals surface area contributed by atoms with Crippen molar-refractivity contribution >= 4 is 22.2 Å². The van der Waals surface area contributed by atoms with Crippen LogP contribution in [0.4, 0.5) is 5.00 Å². The van der Waals surface area contributed by atoms with Crippen molar-refractivity contribution in [3.63, 3.8) is 0 Å². The van der Waals surface area contributed by atoms with Crippen LogP contribution in [-0.2, 0) is 4.79 Å². The molecule has 1 rings (SSSR count). The summed E-state index contributed by atoms with van der Waals surface area (Å²) in [6.07, 6.45) is 5.09. The zero-order valence-electron chi connectivity index (χ0n) is 11.7. The SMILES string of the molecule is CCCCCCC(=O)Nc1cnc(OCCC(O)O)s1. The molecule has 0 unspecified atom stereocenters. The van der Waals surface area contributed by atoms with Crippen LogP contribution in [-0.4, -0.2) is 34.0 Å². The second-order valence-corrected chi connectivity index (χ2v) is 5.46. The molecular weight excluding hydrogens is 280 g/mol. The molecule has 0 aliphatic carbocycles. The fraction of sp³-hybridized carbons (Fsp3) is 0.692. The highest BCUT2D eigenvalue weighted by molar-refractivity contribution is 7.17. The van der Waals surface area contributed by atoms with Crippen molar-refractivity contribution in [2.24, 2.45) is 0 Å². The van der Waals surface area contributed by atoms with Crippen molar-refractivity contribution in [1.82, 2.24) is 4.98 Å². The van der Waals surface area contributed by atoms with Gasteiger partial charge in [-0.2, -0.15) is 0 Å². The van der Waals surface area contributed by atoms with E-state index in [1.165, 1.54) is 11.3 Å². The predicted octanol–water partition coefficient (Wildman–Crippen LogP) is 2.13. The van der Waals surface area contributed by atoms with Crippen LogP contribution >= 0.6 is 11.3 Å². The van der Waals surface area contributed by atoms with Gasteiger partial charge in [0.25, 0.3) is 5.19 Å². The van der Waals surface area contributed by atoms with Gasteiger partial charge in [-0.3, -0.25) is 4.79 Å². The number of anilines is 1. The Hall–Kier alpha value is -1.18. The first-order valence-corrected chi connectivity index (χ1v) is 7.68. The average molecular weight is 302 g/mol. The van der Waals surface area contributed by atoms with E-state index < -0.39 is 6.29 Å². The molecule has 7 heteroatoms. The number of hydrogen-bond donors (Lipinski definition) is 3. The standard InChI is InChI=1S/C13H22N2O4S/c1-2-3-4-5-6-10(16)15-11-9-14-13(20-11)19-8-7-12(17)18/h9,12,17-18H,2-8H2,1H3,(H,15,16). The number of rotatable bonds is 10. The summed E-state index contributed by atoms with van der Waals surface area (Å²) in [5.74, 6) is -0.0120. The third-order valence-corrected chi connectivity index (χ3v) is 3.43. The summed E-state index contributed by atoms with van der Waals surface area (Å²) in [5.41, 5.74) is 0. The molecule has 3 N–H and O–H groups in total. The number of amides is 1. The first-order valence-electron chi connectivity index (χ1n) is 6.86. The number of nitrogens with one attached hydrogen (secondary N) is 1. The first kappa shape index (κ1) is 16.9. The molecule has 1 aromatic rings. The van der Waals surface area contributed by atoms with E-state index >= 15 is 0 Å². The summed E-state index contributed by atoms with van der Waals surface area (Å²) < 4.78 is 5.23. The molecule has 0 radical (unpaired) electrons. The average Bonchev–Trinajstić information content (AvgIpc) is 2.82. The van der Waals surface area contributed by atoms with Crippen molar-refractivity contribution in [2.75, 3.05) is 11.9 Å². The molecule has 0 atom stereocenters. The molecule has 1 aromatic heterocycles. The van der Waals surface area contributed by atoms with E-state index in [0.29, 0.717) is 16.6 Å². The number of carbonyl (C=O) groups is 1. The Kier molecular flexibility index (Phi) is 8.17. The van der Waals surface area contributed by atoms with Crippen molar-refractivity contribution in [1.29, 1.82) is 0 Å². The number of aromatic nitrogens is 1. The molecule has 0 aliphatic heterocycles. The van der Waals surface area contributed by atoms with E-state index in [1.54, 1.807) is 6.20 Å². The molecule has 114 valence electrons. The number of thiazole rings is 1. The summed E-state index contributed by atoms with van der Waals surface area (Å²) in [6, 6.07) is 0. The molecule has 1 heterocycles. The number of hydrogen-bond acceptors (Lipinski definition) is 6. The number of ether oxygens (including phenoxy) is 1. The van der Waals surface area contributed by atoms with Gasteiger partial charge in [0.2, 0.25) is 5.91 Å². The predicted molar refractivity (Wildman–Crippen MR) is 77.8 cm³/mol. The number of aliphatic hydroxyl groups excluding tert-OH is 1. The smallest absolute Gasteiger partial charge is 0.275 e. The Labute approximate surface area is 122 Å². The van der Waals surface area contributed by atoms with E-state index in [-0.39, 0.29) is 18.9 Å². The summed E-state index contributed by atoms with van der Waals surface area (Å²) in [4.78, 5) is 15.6. The molecule has 0 saturated heterocycles. The minimum atomic E-state index is -1.38. The Balaban J connectivity index is 2.23. The van der Waals surface area contributed by atoms with Crippen LogP contribution in [0.5, 0.6) is 5.19 Å². The quantitative estimate of drug-likeness (QED) is 0.455. The lowest BCUT2D eigenvalue weighted by Crippen LogP contribution is -2.10. The second-order valence-electron chi connectivity index (χ2n) is 4.47. The molecule has 0 fully saturated rings. The third kappa shape index (κ3) is 7.42. The van der Waals surface area contributed by atoms with Crippen LogP contribution in [0.15, 0.2) is 6.20 Å². The fourth-order valence-corrected chi connectivity index (χ4v) is 2.25. The Morgan fingerprint density at radius 2 is 2.25 bits per heavy atom. The van der Waals surface area contributed by atoms with Crippen LogP contribution in [0.2, 0.25) is 0 Å². The second kappa shape index (κ2) is 9.68. The molecule has 20 heavy (non-hydrogen) atoms. The monoisotopic (exact) mass is 302 g/mol. The van der Waals surface area contributed by atoms with Crippen LogP contribution in [0.1, 0.15) is 45.4 Å². The van der Waals surface area contributed by atoms with E-state index in [2.05, 4.69) is 17.2 Å². The summed E-state index contributed by atoms with van der Waals surface area (Å²) in [6.45, 7) is 2.31. The maximum absolute atomic E-state index is 11.6. The Morgan fingerprint density at radius 3 is 2.95 bits per heavy atom. The van der Waals surface area contributed by atoms with Gasteiger partial charge in [0, 0.05) is 12.8 Å². The molecule has 0 aliphatic rings. The van der Waals surface area contributed by atoms with Crippen LogP contribution in [0.3, 0.4) is 0 Å². The van der Waals surface area contributed by atoms with Crippen molar-refractivity contribution in [3.8, 4) is 5.19 Å². The topological polar surface area (TPSA) is 91.7 Å². The molecule has 0 saturated carbocycles. The van der Waals surface area contributed by atoms with Gasteiger partial charge in [-0.25, -0.2) is 4.98 Å². The number of nitrogens with zero attached hydrogens (tertiary/aromatic N) is 1. The zero-order chi connectivity index (χ0) is 14.8. The van der Waals surface area contributed by atoms with Crippen LogP contribution < -0.4 is 10.1 Å². The van der Waals surface area contributed by atoms with E-state index in [0.717, 1.165) is 25.7 Å². The molecule has 0 spiro atoms. The zero-order valence-corrected chi connectivity index (χ0v) is 12.5. The lowest BCUT2D eigenvalue weighted by molar-refractivity contribution is -0.116. The number of aliphatic hydroxyl groups is 2. The maximum Gasteiger partial charge on any atom is 0.275 e. The highest BCUT2D eigenvalue weighted by atomic mass is 32.1. The van der Waals surface area contributed by atoms with Crippen molar-refractivity contribution in [2.45, 2.75) is 51.7 Å². The lowest BCUT2D eigenvalue weighted by atomic mass is 10.1. The fourth-order valence-electron chi connectivity index (χ4n) is 1.55. The van der Waals surface area contributed by atoms with Gasteiger partial charge in [-0.1, -0.05) is 37.5 Å². The van der Waals surface area contributed by atoms with Crippen molar-refractivity contribution < 1.29 is 19.7 Å². The third-order valence-electron chi connectivity index (χ3n) is 2.61. The van der Waals surface area contributed by atoms with Gasteiger partial charge in [-0.15, -0.1) is 0 Å². The van der Waals surface area contributed by atoms with E-state index in [1.807, 2.05) is 0 Å². The van der Waals surface area contributed by atoms with Gasteiger partial charge in [-0.05, 0) is 6.42 Å². The molecule has 0 aromatic carbocycles. The maximum atomic E-state index is 11.6. The molecular formula is C13H22N2O4S. The normalized spacial score (nSPS) is 10.8. The molecule has 1 amide bonds. The first-order chi connectivity index (χ1) is 9.61. The van der Waals surface area contributed by atoms with E-state index in [4.69, 9.17) is 14.9 Å². The van der Waals surface area contributed by atoms with Gasteiger partial charge in [0.05, 0.1) is 12.8 Å². The van der Waals surface area contributed by atoms with Gasteiger partial charge < -0.3 is 20.3 Å². The highest BCUT2D eigenvalue weighted by Gasteiger charge is 2.07. The van der Waals surface area contributed by atoms with Gasteiger partial charge in [0.15, 0.2) is 6.29 Å². The minimum absolute atomic E-state index is 0.0120. The lowest BCUT2D eigenvalue weighted by Gasteiger charge is -2.03. The molecule has 0 bridgehead atoms. The largest absolute Gasteiger partial charge is 0.470 e. The van der Waals surface area contributed by atoms with Crippen molar-refractivity contribution in [3.05, 3.63) is 6.20 Å². The summed E-state index contributed by atoms with van der Waals surface area (Å²) in [5, 5.41) is 21.2.